The zero-order chi connectivity index (χ0) is 18.3. The van der Waals surface area contributed by atoms with Crippen LogP contribution in [0, 0.1) is 0 Å². The van der Waals surface area contributed by atoms with E-state index in [1.807, 2.05) is 6.07 Å². The van der Waals surface area contributed by atoms with Crippen LogP contribution in [0.25, 0.3) is 0 Å². The number of amides is 3. The lowest BCUT2D eigenvalue weighted by atomic mass is 10.1. The summed E-state index contributed by atoms with van der Waals surface area (Å²) in [6.07, 6.45) is 1.82. The Bertz CT molecular complexity index is 925. The molecule has 132 valence electrons. The molecule has 2 aliphatic rings. The first-order valence-corrected chi connectivity index (χ1v) is 8.46. The molecule has 0 aliphatic carbocycles. The second-order valence-electron chi connectivity index (χ2n) is 6.44. The Balaban J connectivity index is 1.62. The van der Waals surface area contributed by atoms with Gasteiger partial charge in [0.2, 0.25) is 5.91 Å². The Kier molecular flexibility index (Phi) is 3.84. The Morgan fingerprint density at radius 2 is 2.00 bits per heavy atom. The standard InChI is InChI=1S/C19H18N4O3/c20-17(24)12-4-1-2-5-13(12)21-18(25)11-7-8-15-14(10-11)22-19(26)16-6-3-9-23(15)16/h1-2,4-5,7-8,10,16H,3,6,9H2,(H2,20,24)(H,21,25)(H,22,26)/t16-/m1/s1. The van der Waals surface area contributed by atoms with Gasteiger partial charge in [-0.25, -0.2) is 0 Å². The van der Waals surface area contributed by atoms with Crippen LogP contribution in [0.5, 0.6) is 0 Å². The van der Waals surface area contributed by atoms with Crippen molar-refractivity contribution in [2.75, 3.05) is 22.1 Å². The van der Waals surface area contributed by atoms with E-state index in [1.165, 1.54) is 0 Å². The first kappa shape index (κ1) is 16.1. The molecule has 4 N–H and O–H groups in total. The quantitative estimate of drug-likeness (QED) is 0.787. The number of fused-ring (bicyclic) bond motifs is 3. The molecule has 2 heterocycles. The summed E-state index contributed by atoms with van der Waals surface area (Å²) >= 11 is 0. The molecular formula is C19H18N4O3. The largest absolute Gasteiger partial charge is 0.366 e. The summed E-state index contributed by atoms with van der Waals surface area (Å²) in [5.74, 6) is -1.02. The van der Waals surface area contributed by atoms with E-state index < -0.39 is 5.91 Å². The molecule has 2 aromatic rings. The number of primary amides is 1. The van der Waals surface area contributed by atoms with Crippen molar-refractivity contribution >= 4 is 34.8 Å². The van der Waals surface area contributed by atoms with Crippen LogP contribution in [0.1, 0.15) is 33.6 Å². The van der Waals surface area contributed by atoms with Crippen LogP contribution in [0.2, 0.25) is 0 Å². The lowest BCUT2D eigenvalue weighted by Gasteiger charge is -2.33. The van der Waals surface area contributed by atoms with E-state index in [1.54, 1.807) is 36.4 Å². The summed E-state index contributed by atoms with van der Waals surface area (Å²) < 4.78 is 0. The minimum Gasteiger partial charge on any atom is -0.366 e. The third-order valence-corrected chi connectivity index (χ3v) is 4.82. The monoisotopic (exact) mass is 350 g/mol. The number of benzene rings is 2. The molecule has 3 amide bonds. The van der Waals surface area contributed by atoms with Crippen LogP contribution >= 0.6 is 0 Å². The molecule has 0 radical (unpaired) electrons. The predicted molar refractivity (Wildman–Crippen MR) is 98.4 cm³/mol. The highest BCUT2D eigenvalue weighted by molar-refractivity contribution is 6.11. The first-order chi connectivity index (χ1) is 12.5. The van der Waals surface area contributed by atoms with Gasteiger partial charge in [0.1, 0.15) is 6.04 Å². The predicted octanol–water partition coefficient (Wildman–Crippen LogP) is 1.96. The molecule has 0 spiro atoms. The number of nitrogens with one attached hydrogen (secondary N) is 2. The zero-order valence-corrected chi connectivity index (χ0v) is 14.0. The summed E-state index contributed by atoms with van der Waals surface area (Å²) in [5.41, 5.74) is 7.89. The average Bonchev–Trinajstić information content (AvgIpc) is 3.12. The van der Waals surface area contributed by atoms with Crippen LogP contribution in [0.15, 0.2) is 42.5 Å². The van der Waals surface area contributed by atoms with Gasteiger partial charge >= 0.3 is 0 Å². The van der Waals surface area contributed by atoms with E-state index in [2.05, 4.69) is 15.5 Å². The summed E-state index contributed by atoms with van der Waals surface area (Å²) in [4.78, 5) is 38.4. The van der Waals surface area contributed by atoms with Crippen LogP contribution in [0.3, 0.4) is 0 Å². The number of para-hydroxylation sites is 1. The Hall–Kier alpha value is -3.35. The number of anilines is 3. The fourth-order valence-corrected chi connectivity index (χ4v) is 3.57. The highest BCUT2D eigenvalue weighted by atomic mass is 16.2. The second kappa shape index (κ2) is 6.18. The van der Waals surface area contributed by atoms with Crippen molar-refractivity contribution in [3.05, 3.63) is 53.6 Å². The molecule has 1 atom stereocenters. The Morgan fingerprint density at radius 3 is 2.81 bits per heavy atom. The van der Waals surface area contributed by atoms with Gasteiger partial charge < -0.3 is 21.3 Å². The second-order valence-corrected chi connectivity index (χ2v) is 6.44. The van der Waals surface area contributed by atoms with Crippen molar-refractivity contribution in [1.82, 2.24) is 0 Å². The van der Waals surface area contributed by atoms with Crippen LogP contribution in [0.4, 0.5) is 17.1 Å². The third-order valence-electron chi connectivity index (χ3n) is 4.82. The maximum Gasteiger partial charge on any atom is 0.255 e. The topological polar surface area (TPSA) is 105 Å². The van der Waals surface area contributed by atoms with Gasteiger partial charge in [0.25, 0.3) is 11.8 Å². The average molecular weight is 350 g/mol. The highest BCUT2D eigenvalue weighted by Crippen LogP contribution is 2.37. The van der Waals surface area contributed by atoms with Crippen molar-refractivity contribution in [1.29, 1.82) is 0 Å². The van der Waals surface area contributed by atoms with Gasteiger partial charge in [0, 0.05) is 12.1 Å². The lowest BCUT2D eigenvalue weighted by molar-refractivity contribution is -0.117. The highest BCUT2D eigenvalue weighted by Gasteiger charge is 2.36. The van der Waals surface area contributed by atoms with E-state index in [0.717, 1.165) is 25.1 Å². The molecule has 4 rings (SSSR count). The molecule has 2 aromatic carbocycles. The molecular weight excluding hydrogens is 332 g/mol. The summed E-state index contributed by atoms with van der Waals surface area (Å²) in [7, 11) is 0. The summed E-state index contributed by atoms with van der Waals surface area (Å²) in [5, 5.41) is 5.59. The number of nitrogens with two attached hydrogens (primary N) is 1. The number of nitrogens with zero attached hydrogens (tertiary/aromatic N) is 1. The minimum absolute atomic E-state index is 0.0355. The van der Waals surface area contributed by atoms with E-state index >= 15 is 0 Å². The Morgan fingerprint density at radius 1 is 1.19 bits per heavy atom. The molecule has 0 saturated carbocycles. The maximum absolute atomic E-state index is 12.6. The molecule has 1 saturated heterocycles. The first-order valence-electron chi connectivity index (χ1n) is 8.46. The minimum atomic E-state index is -0.612. The van der Waals surface area contributed by atoms with E-state index in [4.69, 9.17) is 5.73 Å². The zero-order valence-electron chi connectivity index (χ0n) is 14.0. The smallest absolute Gasteiger partial charge is 0.255 e. The van der Waals surface area contributed by atoms with Gasteiger partial charge in [0.15, 0.2) is 0 Å². The number of rotatable bonds is 3. The number of carbonyl (C=O) groups is 3. The number of hydrogen-bond acceptors (Lipinski definition) is 4. The summed E-state index contributed by atoms with van der Waals surface area (Å²) in [6.45, 7) is 0.836. The molecule has 0 aromatic heterocycles. The fourth-order valence-electron chi connectivity index (χ4n) is 3.57. The van der Waals surface area contributed by atoms with Gasteiger partial charge in [-0.2, -0.15) is 0 Å². The third kappa shape index (κ3) is 2.67. The normalized spacial score (nSPS) is 17.9. The molecule has 2 aliphatic heterocycles. The molecule has 7 heteroatoms. The van der Waals surface area contributed by atoms with E-state index in [9.17, 15) is 14.4 Å². The van der Waals surface area contributed by atoms with Crippen molar-refractivity contribution in [3.8, 4) is 0 Å². The van der Waals surface area contributed by atoms with Crippen LogP contribution in [-0.2, 0) is 4.79 Å². The van der Waals surface area contributed by atoms with Crippen molar-refractivity contribution in [2.24, 2.45) is 5.73 Å². The number of hydrogen-bond donors (Lipinski definition) is 3. The van der Waals surface area contributed by atoms with Gasteiger partial charge in [-0.1, -0.05) is 12.1 Å². The molecule has 1 fully saturated rings. The summed E-state index contributed by atoms with van der Waals surface area (Å²) in [6, 6.07) is 11.7. The van der Waals surface area contributed by atoms with Crippen molar-refractivity contribution in [2.45, 2.75) is 18.9 Å². The van der Waals surface area contributed by atoms with Crippen molar-refractivity contribution < 1.29 is 14.4 Å². The number of carbonyl (C=O) groups excluding carboxylic acids is 3. The van der Waals surface area contributed by atoms with Gasteiger partial charge in [-0.15, -0.1) is 0 Å². The molecule has 7 nitrogen and oxygen atoms in total. The van der Waals surface area contributed by atoms with Gasteiger partial charge in [0.05, 0.1) is 22.6 Å². The molecule has 0 unspecified atom stereocenters. The SMILES string of the molecule is NC(=O)c1ccccc1NC(=O)c1ccc2c(c1)NC(=O)[C@H]1CCCN21. The van der Waals surface area contributed by atoms with Gasteiger partial charge in [-0.05, 0) is 43.2 Å². The van der Waals surface area contributed by atoms with Gasteiger partial charge in [-0.3, -0.25) is 14.4 Å². The van der Waals surface area contributed by atoms with E-state index in [-0.39, 0.29) is 23.4 Å². The molecule has 26 heavy (non-hydrogen) atoms. The van der Waals surface area contributed by atoms with E-state index in [0.29, 0.717) is 16.9 Å². The maximum atomic E-state index is 12.6. The van der Waals surface area contributed by atoms with Crippen molar-refractivity contribution in [3.63, 3.8) is 0 Å². The Labute approximate surface area is 150 Å². The molecule has 0 bridgehead atoms. The fraction of sp³-hybridized carbons (Fsp3) is 0.211. The van der Waals surface area contributed by atoms with Crippen LogP contribution in [-0.4, -0.2) is 30.3 Å². The van der Waals surface area contributed by atoms with Crippen LogP contribution < -0.4 is 21.3 Å². The lowest BCUT2D eigenvalue weighted by Crippen LogP contribution is -2.43.